The Morgan fingerprint density at radius 2 is 2.14 bits per heavy atom. The number of alkyl halides is 1. The Kier molecular flexibility index (Phi) is 4.54. The zero-order valence-electron chi connectivity index (χ0n) is 16.0. The van der Waals surface area contributed by atoms with Gasteiger partial charge < -0.3 is 15.4 Å². The molecule has 9 heteroatoms. The fraction of sp³-hybridized carbons (Fsp3) is 0.450. The number of imidazole rings is 1. The third-order valence-corrected chi connectivity index (χ3v) is 5.50. The lowest BCUT2D eigenvalue weighted by molar-refractivity contribution is 0.240. The average molecular weight is 400 g/mol. The average Bonchev–Trinajstić information content (AvgIpc) is 3.50. The van der Waals surface area contributed by atoms with Gasteiger partial charge in [0.25, 0.3) is 0 Å². The third-order valence-electron chi connectivity index (χ3n) is 5.50. The van der Waals surface area contributed by atoms with Gasteiger partial charge in [0.2, 0.25) is 0 Å². The quantitative estimate of drug-likeness (QED) is 0.686. The number of pyridine rings is 1. The van der Waals surface area contributed by atoms with Gasteiger partial charge in [0.15, 0.2) is 17.3 Å². The van der Waals surface area contributed by atoms with Crippen LogP contribution < -0.4 is 15.4 Å². The highest BCUT2D eigenvalue weighted by atomic mass is 19.1. The van der Waals surface area contributed by atoms with E-state index in [-0.39, 0.29) is 5.82 Å². The van der Waals surface area contributed by atoms with Gasteiger partial charge in [0.05, 0.1) is 25.0 Å². The van der Waals surface area contributed by atoms with Gasteiger partial charge in [-0.05, 0) is 37.9 Å². The van der Waals surface area contributed by atoms with Gasteiger partial charge in [-0.15, -0.1) is 0 Å². The lowest BCUT2D eigenvalue weighted by Crippen LogP contribution is -2.46. The predicted octanol–water partition coefficient (Wildman–Crippen LogP) is 2.93. The predicted molar refractivity (Wildman–Crippen MR) is 104 cm³/mol. The zero-order chi connectivity index (χ0) is 20.0. The Balaban J connectivity index is 1.52. The maximum Gasteiger partial charge on any atom is 0.165 e. The van der Waals surface area contributed by atoms with E-state index >= 15 is 0 Å². The fourth-order valence-corrected chi connectivity index (χ4v) is 3.72. The molecule has 3 aromatic heterocycles. The Labute approximate surface area is 166 Å². The molecule has 2 fully saturated rings. The van der Waals surface area contributed by atoms with E-state index in [1.807, 2.05) is 6.07 Å². The second-order valence-electron chi connectivity index (χ2n) is 7.57. The van der Waals surface area contributed by atoms with E-state index in [9.17, 15) is 8.78 Å². The standard InChI is InChI=1S/C20H22F2N6O/c1-29-17-8-18-24-10-16(28(18)27-19(17)11-2-3-11)14-5-4-13(22)20(25-14)26-15-9-23-7-6-12(15)21/h4-5,8,10-12,15,23H,2-3,6-7,9H2,1H3,(H,25,26). The minimum Gasteiger partial charge on any atom is -0.495 e. The van der Waals surface area contributed by atoms with Gasteiger partial charge in [-0.3, -0.25) is 0 Å². The summed E-state index contributed by atoms with van der Waals surface area (Å²) >= 11 is 0. The van der Waals surface area contributed by atoms with Crippen LogP contribution in [-0.4, -0.2) is 52.0 Å². The Morgan fingerprint density at radius 1 is 1.28 bits per heavy atom. The van der Waals surface area contributed by atoms with Crippen LogP contribution in [0.4, 0.5) is 14.6 Å². The number of ether oxygens (including phenoxy) is 1. The number of hydrogen-bond donors (Lipinski definition) is 2. The molecule has 1 saturated carbocycles. The van der Waals surface area contributed by atoms with Crippen LogP contribution >= 0.6 is 0 Å². The van der Waals surface area contributed by atoms with Crippen molar-refractivity contribution in [1.82, 2.24) is 24.9 Å². The molecule has 7 nitrogen and oxygen atoms in total. The summed E-state index contributed by atoms with van der Waals surface area (Å²) in [5.74, 6) is 0.632. The lowest BCUT2D eigenvalue weighted by Gasteiger charge is -2.28. The van der Waals surface area contributed by atoms with Gasteiger partial charge in [0.1, 0.15) is 23.3 Å². The first-order valence-electron chi connectivity index (χ1n) is 9.85. The van der Waals surface area contributed by atoms with Gasteiger partial charge in [0, 0.05) is 18.5 Å². The number of anilines is 1. The van der Waals surface area contributed by atoms with E-state index in [0.29, 0.717) is 42.5 Å². The highest BCUT2D eigenvalue weighted by Crippen LogP contribution is 2.43. The minimum atomic E-state index is -1.05. The Morgan fingerprint density at radius 3 is 2.90 bits per heavy atom. The summed E-state index contributed by atoms with van der Waals surface area (Å²) in [5, 5.41) is 10.8. The first kappa shape index (κ1) is 18.2. The molecule has 0 radical (unpaired) electrons. The molecular formula is C20H22F2N6O. The van der Waals surface area contributed by atoms with E-state index in [2.05, 4.69) is 20.6 Å². The van der Waals surface area contributed by atoms with Crippen molar-refractivity contribution >= 4 is 11.5 Å². The van der Waals surface area contributed by atoms with Crippen molar-refractivity contribution in [2.45, 2.75) is 37.4 Å². The fourth-order valence-electron chi connectivity index (χ4n) is 3.72. The lowest BCUT2D eigenvalue weighted by atomic mass is 10.1. The van der Waals surface area contributed by atoms with E-state index in [0.717, 1.165) is 24.3 Å². The molecule has 0 bridgehead atoms. The number of nitrogens with one attached hydrogen (secondary N) is 2. The van der Waals surface area contributed by atoms with Gasteiger partial charge >= 0.3 is 0 Å². The SMILES string of the molecule is COc1cc2ncc(-c3ccc(F)c(NC4CNCCC4F)n3)n2nc1C1CC1. The minimum absolute atomic E-state index is 0.0322. The molecule has 152 valence electrons. The molecule has 2 unspecified atom stereocenters. The normalized spacial score (nSPS) is 22.0. The summed E-state index contributed by atoms with van der Waals surface area (Å²) in [6.45, 7) is 1.05. The Bertz CT molecular complexity index is 1050. The number of piperidine rings is 1. The maximum absolute atomic E-state index is 14.4. The summed E-state index contributed by atoms with van der Waals surface area (Å²) in [5.41, 5.74) is 2.68. The molecule has 0 aromatic carbocycles. The molecule has 0 amide bonds. The first-order chi connectivity index (χ1) is 14.1. The van der Waals surface area contributed by atoms with Crippen LogP contribution in [0.15, 0.2) is 24.4 Å². The molecule has 3 aromatic rings. The highest BCUT2D eigenvalue weighted by Gasteiger charge is 2.30. The van der Waals surface area contributed by atoms with E-state index in [1.165, 1.54) is 6.07 Å². The smallest absolute Gasteiger partial charge is 0.165 e. The summed E-state index contributed by atoms with van der Waals surface area (Å²) in [6, 6.07) is 4.25. The summed E-state index contributed by atoms with van der Waals surface area (Å²) in [4.78, 5) is 8.81. The van der Waals surface area contributed by atoms with Crippen LogP contribution in [0, 0.1) is 5.82 Å². The van der Waals surface area contributed by atoms with E-state index < -0.39 is 18.0 Å². The molecule has 2 atom stereocenters. The molecule has 1 saturated heterocycles. The molecule has 2 aliphatic rings. The molecule has 2 N–H and O–H groups in total. The topological polar surface area (TPSA) is 76.4 Å². The van der Waals surface area contributed by atoms with Crippen LogP contribution in [-0.2, 0) is 0 Å². The maximum atomic E-state index is 14.4. The molecule has 4 heterocycles. The molecular weight excluding hydrogens is 378 g/mol. The van der Waals surface area contributed by atoms with Crippen LogP contribution in [0.3, 0.4) is 0 Å². The van der Waals surface area contributed by atoms with Crippen molar-refractivity contribution in [1.29, 1.82) is 0 Å². The van der Waals surface area contributed by atoms with Gasteiger partial charge in [-0.2, -0.15) is 5.10 Å². The van der Waals surface area contributed by atoms with Crippen LogP contribution in [0.5, 0.6) is 5.75 Å². The van der Waals surface area contributed by atoms with Crippen LogP contribution in [0.2, 0.25) is 0 Å². The number of halogens is 2. The van der Waals surface area contributed by atoms with Gasteiger partial charge in [-0.25, -0.2) is 23.3 Å². The highest BCUT2D eigenvalue weighted by molar-refractivity contribution is 5.62. The zero-order valence-corrected chi connectivity index (χ0v) is 16.0. The number of methoxy groups -OCH3 is 1. The molecule has 0 spiro atoms. The number of fused-ring (bicyclic) bond motifs is 1. The second-order valence-corrected chi connectivity index (χ2v) is 7.57. The van der Waals surface area contributed by atoms with E-state index in [4.69, 9.17) is 9.84 Å². The Hall–Kier alpha value is -2.81. The van der Waals surface area contributed by atoms with Crippen molar-refractivity contribution < 1.29 is 13.5 Å². The third kappa shape index (κ3) is 3.39. The van der Waals surface area contributed by atoms with Gasteiger partial charge in [-0.1, -0.05) is 0 Å². The molecule has 1 aliphatic carbocycles. The number of rotatable bonds is 5. The molecule has 5 rings (SSSR count). The van der Waals surface area contributed by atoms with Crippen LogP contribution in [0.1, 0.15) is 30.9 Å². The number of hydrogen-bond acceptors (Lipinski definition) is 6. The largest absolute Gasteiger partial charge is 0.495 e. The first-order valence-corrected chi connectivity index (χ1v) is 9.85. The van der Waals surface area contributed by atoms with Crippen molar-refractivity contribution in [3.8, 4) is 17.1 Å². The van der Waals surface area contributed by atoms with E-state index in [1.54, 1.807) is 23.9 Å². The summed E-state index contributed by atoms with van der Waals surface area (Å²) in [6.07, 6.45) is 3.17. The van der Waals surface area contributed by atoms with Crippen LogP contribution in [0.25, 0.3) is 17.0 Å². The van der Waals surface area contributed by atoms with Crippen molar-refractivity contribution in [3.63, 3.8) is 0 Å². The monoisotopic (exact) mass is 400 g/mol. The van der Waals surface area contributed by atoms with Crippen molar-refractivity contribution in [2.24, 2.45) is 0 Å². The number of aromatic nitrogens is 4. The van der Waals surface area contributed by atoms with Crippen molar-refractivity contribution in [3.05, 3.63) is 35.9 Å². The summed E-state index contributed by atoms with van der Waals surface area (Å²) < 4.78 is 35.7. The van der Waals surface area contributed by atoms with Crippen molar-refractivity contribution in [2.75, 3.05) is 25.5 Å². The summed E-state index contributed by atoms with van der Waals surface area (Å²) in [7, 11) is 1.63. The molecule has 1 aliphatic heterocycles. The number of nitrogens with zero attached hydrogens (tertiary/aromatic N) is 4. The second kappa shape index (κ2) is 7.22. The molecule has 29 heavy (non-hydrogen) atoms.